The lowest BCUT2D eigenvalue weighted by Gasteiger charge is -2.27. The second-order valence-corrected chi connectivity index (χ2v) is 6.49. The molecule has 1 aliphatic rings. The number of aromatic nitrogens is 1. The van der Waals surface area contributed by atoms with Gasteiger partial charge in [0, 0.05) is 41.9 Å². The largest absolute Gasteiger partial charge is 0.439 e. The summed E-state index contributed by atoms with van der Waals surface area (Å²) in [5.41, 5.74) is 2.32. The van der Waals surface area contributed by atoms with Crippen LogP contribution in [-0.4, -0.2) is 31.3 Å². The van der Waals surface area contributed by atoms with Gasteiger partial charge < -0.3 is 14.1 Å². The molecule has 3 aromatic heterocycles. The molecule has 7 heteroatoms. The van der Waals surface area contributed by atoms with E-state index in [4.69, 9.17) is 20.8 Å². The van der Waals surface area contributed by atoms with Crippen LogP contribution in [0.15, 0.2) is 39.0 Å². The molecule has 0 atom stereocenters. The van der Waals surface area contributed by atoms with Gasteiger partial charge in [-0.3, -0.25) is 4.79 Å². The third-order valence-electron chi connectivity index (χ3n) is 3.79. The van der Waals surface area contributed by atoms with Crippen molar-refractivity contribution in [3.63, 3.8) is 0 Å². The van der Waals surface area contributed by atoms with E-state index in [1.165, 1.54) is 11.3 Å². The van der Waals surface area contributed by atoms with Crippen LogP contribution >= 0.6 is 22.9 Å². The first-order chi connectivity index (χ1) is 11.2. The Balaban J connectivity index is 1.84. The number of hydrogen-bond donors (Lipinski definition) is 0. The Morgan fingerprint density at radius 2 is 2.09 bits per heavy atom. The van der Waals surface area contributed by atoms with Gasteiger partial charge in [0.1, 0.15) is 9.85 Å². The SMILES string of the molecule is O=c1cc(N2CCOCC2)oc2c(-c3ccc(Cl)nc3)csc12. The van der Waals surface area contributed by atoms with E-state index in [1.807, 2.05) is 16.3 Å². The van der Waals surface area contributed by atoms with E-state index in [9.17, 15) is 4.79 Å². The molecular formula is C16H13ClN2O3S. The molecule has 0 spiro atoms. The molecule has 1 fully saturated rings. The Morgan fingerprint density at radius 3 is 2.83 bits per heavy atom. The van der Waals surface area contributed by atoms with Crippen molar-refractivity contribution in [2.45, 2.75) is 0 Å². The number of nitrogens with zero attached hydrogens (tertiary/aromatic N) is 2. The molecular weight excluding hydrogens is 336 g/mol. The van der Waals surface area contributed by atoms with Crippen LogP contribution in [0.2, 0.25) is 5.15 Å². The zero-order chi connectivity index (χ0) is 15.8. The Labute approximate surface area is 141 Å². The van der Waals surface area contributed by atoms with E-state index in [1.54, 1.807) is 18.3 Å². The molecule has 3 aromatic rings. The maximum absolute atomic E-state index is 12.4. The second-order valence-electron chi connectivity index (χ2n) is 5.23. The second kappa shape index (κ2) is 5.96. The zero-order valence-corrected chi connectivity index (χ0v) is 13.7. The van der Waals surface area contributed by atoms with Gasteiger partial charge in [-0.25, -0.2) is 4.98 Å². The summed E-state index contributed by atoms with van der Waals surface area (Å²) in [6.45, 7) is 2.71. The Bertz CT molecular complexity index is 898. The van der Waals surface area contributed by atoms with E-state index < -0.39 is 0 Å². The fourth-order valence-corrected chi connectivity index (χ4v) is 3.63. The van der Waals surface area contributed by atoms with Crippen molar-refractivity contribution in [1.82, 2.24) is 4.98 Å². The fourth-order valence-electron chi connectivity index (χ4n) is 2.60. The molecule has 4 rings (SSSR count). The van der Waals surface area contributed by atoms with Crippen LogP contribution in [0.4, 0.5) is 5.88 Å². The van der Waals surface area contributed by atoms with Crippen molar-refractivity contribution >= 4 is 39.1 Å². The normalized spacial score (nSPS) is 15.3. The topological polar surface area (TPSA) is 55.6 Å². The first-order valence-corrected chi connectivity index (χ1v) is 8.48. The number of anilines is 1. The highest BCUT2D eigenvalue weighted by Gasteiger charge is 2.18. The number of ether oxygens (including phenoxy) is 1. The summed E-state index contributed by atoms with van der Waals surface area (Å²) in [4.78, 5) is 18.5. The van der Waals surface area contributed by atoms with Gasteiger partial charge in [0.25, 0.3) is 0 Å². The first kappa shape index (κ1) is 14.7. The van der Waals surface area contributed by atoms with E-state index in [0.717, 1.165) is 24.2 Å². The summed E-state index contributed by atoms with van der Waals surface area (Å²) in [6, 6.07) is 5.16. The van der Waals surface area contributed by atoms with Gasteiger partial charge in [0.2, 0.25) is 5.43 Å². The molecule has 0 radical (unpaired) electrons. The maximum Gasteiger partial charge on any atom is 0.204 e. The molecule has 5 nitrogen and oxygen atoms in total. The third-order valence-corrected chi connectivity index (χ3v) is 4.99. The fraction of sp³-hybridized carbons (Fsp3) is 0.250. The summed E-state index contributed by atoms with van der Waals surface area (Å²) >= 11 is 7.23. The van der Waals surface area contributed by atoms with Gasteiger partial charge in [-0.05, 0) is 12.1 Å². The number of halogens is 1. The molecule has 1 saturated heterocycles. The molecule has 4 heterocycles. The van der Waals surface area contributed by atoms with Gasteiger partial charge in [0.05, 0.1) is 13.2 Å². The van der Waals surface area contributed by atoms with Crippen molar-refractivity contribution in [3.8, 4) is 11.1 Å². The van der Waals surface area contributed by atoms with Crippen LogP contribution < -0.4 is 10.3 Å². The minimum atomic E-state index is -0.0223. The molecule has 0 bridgehead atoms. The van der Waals surface area contributed by atoms with E-state index >= 15 is 0 Å². The number of thiophene rings is 1. The smallest absolute Gasteiger partial charge is 0.204 e. The van der Waals surface area contributed by atoms with Crippen LogP contribution in [-0.2, 0) is 4.74 Å². The van der Waals surface area contributed by atoms with Gasteiger partial charge in [-0.2, -0.15) is 0 Å². The van der Waals surface area contributed by atoms with E-state index in [0.29, 0.717) is 34.5 Å². The predicted molar refractivity (Wildman–Crippen MR) is 91.6 cm³/mol. The average Bonchev–Trinajstić information content (AvgIpc) is 3.01. The van der Waals surface area contributed by atoms with Crippen LogP contribution in [0.3, 0.4) is 0 Å². The molecule has 23 heavy (non-hydrogen) atoms. The van der Waals surface area contributed by atoms with Crippen LogP contribution in [0.1, 0.15) is 0 Å². The minimum absolute atomic E-state index is 0.0223. The summed E-state index contributed by atoms with van der Waals surface area (Å²) in [5, 5.41) is 2.35. The molecule has 0 amide bonds. The van der Waals surface area contributed by atoms with Crippen molar-refractivity contribution in [2.75, 3.05) is 31.2 Å². The lowest BCUT2D eigenvalue weighted by atomic mass is 10.1. The van der Waals surface area contributed by atoms with Gasteiger partial charge in [-0.15, -0.1) is 11.3 Å². The molecule has 0 N–H and O–H groups in total. The quantitative estimate of drug-likeness (QED) is 0.664. The van der Waals surface area contributed by atoms with E-state index in [2.05, 4.69) is 4.98 Å². The highest BCUT2D eigenvalue weighted by molar-refractivity contribution is 7.17. The summed E-state index contributed by atoms with van der Waals surface area (Å²) in [6.07, 6.45) is 1.69. The molecule has 118 valence electrons. The van der Waals surface area contributed by atoms with Crippen LogP contribution in [0.5, 0.6) is 0 Å². The van der Waals surface area contributed by atoms with Gasteiger partial charge in [0.15, 0.2) is 11.5 Å². The Kier molecular flexibility index (Phi) is 3.80. The number of rotatable bonds is 2. The lowest BCUT2D eigenvalue weighted by Crippen LogP contribution is -2.36. The highest BCUT2D eigenvalue weighted by Crippen LogP contribution is 2.34. The Hall–Kier alpha value is -1.89. The standard InChI is InChI=1S/C16H13ClN2O3S/c17-13-2-1-10(8-18-13)11-9-23-16-12(20)7-14(22-15(11)16)19-3-5-21-6-4-19/h1-2,7-9H,3-6H2. The maximum atomic E-state index is 12.4. The predicted octanol–water partition coefficient (Wildman–Crippen LogP) is 3.41. The zero-order valence-electron chi connectivity index (χ0n) is 12.1. The average molecular weight is 349 g/mol. The number of pyridine rings is 1. The van der Waals surface area contributed by atoms with Gasteiger partial charge in [-0.1, -0.05) is 11.6 Å². The molecule has 0 aromatic carbocycles. The number of fused-ring (bicyclic) bond motifs is 1. The lowest BCUT2D eigenvalue weighted by molar-refractivity contribution is 0.121. The third kappa shape index (κ3) is 2.73. The van der Waals surface area contributed by atoms with Crippen molar-refractivity contribution in [3.05, 3.63) is 45.2 Å². The van der Waals surface area contributed by atoms with E-state index in [-0.39, 0.29) is 5.43 Å². The summed E-state index contributed by atoms with van der Waals surface area (Å²) in [7, 11) is 0. The Morgan fingerprint density at radius 1 is 1.26 bits per heavy atom. The minimum Gasteiger partial charge on any atom is -0.439 e. The highest BCUT2D eigenvalue weighted by atomic mass is 35.5. The summed E-state index contributed by atoms with van der Waals surface area (Å²) < 4.78 is 12.0. The molecule has 0 saturated carbocycles. The van der Waals surface area contributed by atoms with Crippen LogP contribution in [0.25, 0.3) is 21.4 Å². The molecule has 0 unspecified atom stereocenters. The number of morpholine rings is 1. The van der Waals surface area contributed by atoms with Crippen LogP contribution in [0, 0.1) is 0 Å². The van der Waals surface area contributed by atoms with Crippen molar-refractivity contribution in [1.29, 1.82) is 0 Å². The number of hydrogen-bond acceptors (Lipinski definition) is 6. The first-order valence-electron chi connectivity index (χ1n) is 7.22. The van der Waals surface area contributed by atoms with Crippen molar-refractivity contribution < 1.29 is 9.15 Å². The molecule has 0 aliphatic carbocycles. The van der Waals surface area contributed by atoms with Crippen molar-refractivity contribution in [2.24, 2.45) is 0 Å². The summed E-state index contributed by atoms with van der Waals surface area (Å²) in [5.74, 6) is 0.590. The monoisotopic (exact) mass is 348 g/mol. The molecule has 1 aliphatic heterocycles. The van der Waals surface area contributed by atoms with Gasteiger partial charge >= 0.3 is 0 Å².